The normalized spacial score (nSPS) is 24.5. The fourth-order valence-corrected chi connectivity index (χ4v) is 11.9. The molecule has 0 bridgehead atoms. The zero-order valence-electron chi connectivity index (χ0n) is 58.9. The fraction of sp³-hybridized carbons (Fsp3) is 0.662. The first-order valence-corrected chi connectivity index (χ1v) is 33.3. The first-order chi connectivity index (χ1) is 44.8. The summed E-state index contributed by atoms with van der Waals surface area (Å²) >= 11 is 6.08. The van der Waals surface area contributed by atoms with Gasteiger partial charge in [0.2, 0.25) is 59.1 Å². The molecule has 22 nitrogen and oxygen atoms in total. The van der Waals surface area contributed by atoms with Crippen molar-refractivity contribution in [3.05, 3.63) is 69.7 Å². The Labute approximate surface area is 571 Å². The predicted molar refractivity (Wildman–Crippen MR) is 353 cm³/mol. The van der Waals surface area contributed by atoms with E-state index < -0.39 is 173 Å². The standard InChI is InChI=1S/C68H100ClF6N11O11/c1-18-41(8)58-64(96)81(13)37-57(90)86-28-27-51(86)63(95)84(16)53(34-44-19-23-45(24-20-44)67(70,71)72)62(94)80(12)36-55(88)77-48(26-22-43-21-25-46(47(69)33-43)68(73,74)75)59(91)78-50(30-39(4)5)61(93)85(17)66(10,11)65(97)79-49(29-38(2)3)60(92)82(14)42(9)32-56(89)83(15)52(31-40(6)7)54(87)35-76-58/h19-21,23-25,33,38-42,48-53,58,76H,18,22,26-32,34-37H2,1-17H3,(H,77,88)(H,78,91)(H,79,97)/t41-,42+,48-,49-,50-,51-,52-,53-,58-/m0/s1. The second kappa shape index (κ2) is 34.9. The Balaban J connectivity index is 1.86. The minimum Gasteiger partial charge on any atom is -0.343 e. The van der Waals surface area contributed by atoms with E-state index in [9.17, 15) is 79.1 Å². The van der Waals surface area contributed by atoms with Crippen LogP contribution in [-0.2, 0) is 77.9 Å². The maximum absolute atomic E-state index is 14.8. The lowest BCUT2D eigenvalue weighted by Gasteiger charge is -2.43. The Kier molecular flexibility index (Phi) is 29.5. The van der Waals surface area contributed by atoms with E-state index in [0.717, 1.165) is 62.1 Å². The van der Waals surface area contributed by atoms with E-state index in [1.807, 2.05) is 34.6 Å². The lowest BCUT2D eigenvalue weighted by atomic mass is 9.95. The largest absolute Gasteiger partial charge is 0.417 e. The molecule has 0 aromatic heterocycles. The van der Waals surface area contributed by atoms with Gasteiger partial charge in [-0.25, -0.2) is 0 Å². The number of ketones is 1. The van der Waals surface area contributed by atoms with Crippen molar-refractivity contribution in [2.24, 2.45) is 23.7 Å². The number of halogens is 7. The average molecular weight is 1400 g/mol. The maximum Gasteiger partial charge on any atom is 0.417 e. The fourth-order valence-electron chi connectivity index (χ4n) is 11.6. The van der Waals surface area contributed by atoms with Crippen LogP contribution in [0.25, 0.3) is 0 Å². The number of benzene rings is 2. The first-order valence-electron chi connectivity index (χ1n) is 32.9. The number of aryl methyl sites for hydroxylation is 1. The Morgan fingerprint density at radius 1 is 0.608 bits per heavy atom. The molecule has 2 aliphatic heterocycles. The number of nitrogens with one attached hydrogen (secondary N) is 4. The first kappa shape index (κ1) is 82.1. The highest BCUT2D eigenvalue weighted by molar-refractivity contribution is 6.31. The van der Waals surface area contributed by atoms with Crippen LogP contribution in [0.15, 0.2) is 42.5 Å². The summed E-state index contributed by atoms with van der Waals surface area (Å²) in [5, 5.41) is 10.5. The summed E-state index contributed by atoms with van der Waals surface area (Å²) in [6.45, 7) is 17.3. The smallest absolute Gasteiger partial charge is 0.343 e. The van der Waals surface area contributed by atoms with Gasteiger partial charge in [-0.15, -0.1) is 0 Å². The van der Waals surface area contributed by atoms with Gasteiger partial charge in [0, 0.05) is 67.7 Å². The molecule has 10 amide bonds. The molecule has 542 valence electrons. The third-order valence-corrected chi connectivity index (χ3v) is 18.7. The topological polar surface area (TPSA) is 259 Å². The summed E-state index contributed by atoms with van der Waals surface area (Å²) in [6.07, 6.45) is -9.86. The Morgan fingerprint density at radius 3 is 1.68 bits per heavy atom. The van der Waals surface area contributed by atoms with E-state index in [4.69, 9.17) is 11.6 Å². The van der Waals surface area contributed by atoms with Crippen molar-refractivity contribution in [1.29, 1.82) is 0 Å². The van der Waals surface area contributed by atoms with Crippen LogP contribution in [0.5, 0.6) is 0 Å². The van der Waals surface area contributed by atoms with Crippen LogP contribution < -0.4 is 21.3 Å². The molecule has 0 radical (unpaired) electrons. The van der Waals surface area contributed by atoms with Gasteiger partial charge in [0.25, 0.3) is 0 Å². The second-order valence-corrected chi connectivity index (χ2v) is 28.2. The Hall–Kier alpha value is -7.36. The molecule has 0 unspecified atom stereocenters. The van der Waals surface area contributed by atoms with E-state index in [2.05, 4.69) is 21.3 Å². The number of alkyl halides is 6. The van der Waals surface area contributed by atoms with Crippen molar-refractivity contribution in [1.82, 2.24) is 55.6 Å². The van der Waals surface area contributed by atoms with Gasteiger partial charge in [-0.2, -0.15) is 26.3 Å². The van der Waals surface area contributed by atoms with Gasteiger partial charge in [-0.3, -0.25) is 58.1 Å². The number of carbonyl (C=O) groups is 11. The van der Waals surface area contributed by atoms with Crippen LogP contribution in [0.3, 0.4) is 0 Å². The molecule has 0 spiro atoms. The van der Waals surface area contributed by atoms with Crippen molar-refractivity contribution in [3.63, 3.8) is 0 Å². The van der Waals surface area contributed by atoms with E-state index in [-0.39, 0.29) is 86.9 Å². The van der Waals surface area contributed by atoms with Crippen molar-refractivity contribution in [3.8, 4) is 0 Å². The van der Waals surface area contributed by atoms with E-state index in [0.29, 0.717) is 6.42 Å². The molecular weight excluding hydrogens is 1300 g/mol. The SMILES string of the molecule is CC[C@H](C)[C@@H]1NCC(=O)[C@H](CC(C)C)N(C)C(=O)C[C@@H](C)N(C)C(=O)[C@H](CC(C)C)NC(=O)C(C)(C)N(C)C(=O)[C@H](CC(C)C)NC(=O)[C@H](CCc2ccc(C(F)(F)F)c(Cl)c2)NC(=O)CN(C)C(=O)[C@H](Cc2ccc(C(F)(F)F)cc2)N(C)C(=O)[C@@H]2CCN2C(=O)CN(C)C1=O. The highest BCUT2D eigenvalue weighted by atomic mass is 35.5. The molecule has 2 aromatic rings. The number of rotatable bonds is 13. The molecular formula is C68H100ClF6N11O11. The summed E-state index contributed by atoms with van der Waals surface area (Å²) in [5.41, 5.74) is -3.52. The van der Waals surface area contributed by atoms with Crippen molar-refractivity contribution in [2.45, 2.75) is 200 Å². The minimum absolute atomic E-state index is 0.0396. The number of hydrogen-bond acceptors (Lipinski definition) is 12. The lowest BCUT2D eigenvalue weighted by molar-refractivity contribution is -0.157. The molecule has 2 heterocycles. The number of Topliss-reactive ketones (excluding diaryl/α,β-unsaturated/α-hetero) is 1. The molecule has 0 aliphatic carbocycles. The van der Waals surface area contributed by atoms with Crippen LogP contribution >= 0.6 is 11.6 Å². The van der Waals surface area contributed by atoms with Crippen LogP contribution in [0, 0.1) is 23.7 Å². The van der Waals surface area contributed by atoms with Crippen molar-refractivity contribution in [2.75, 3.05) is 68.5 Å². The number of nitrogens with zero attached hydrogens (tertiary/aromatic N) is 7. The van der Waals surface area contributed by atoms with Crippen LogP contribution in [0.2, 0.25) is 5.02 Å². The van der Waals surface area contributed by atoms with Crippen molar-refractivity contribution < 1.29 is 79.1 Å². The number of hydrogen-bond donors (Lipinski definition) is 4. The van der Waals surface area contributed by atoms with Gasteiger partial charge in [0.05, 0.1) is 47.9 Å². The predicted octanol–water partition coefficient (Wildman–Crippen LogP) is 6.38. The third kappa shape index (κ3) is 22.3. The van der Waals surface area contributed by atoms with Crippen molar-refractivity contribution >= 4 is 76.5 Å². The molecule has 2 saturated heterocycles. The molecule has 9 atom stereocenters. The van der Waals surface area contributed by atoms with Gasteiger partial charge >= 0.3 is 12.4 Å². The molecule has 4 rings (SSSR count). The molecule has 2 aromatic carbocycles. The van der Waals surface area contributed by atoms with Gasteiger partial charge in [-0.05, 0) is 118 Å². The van der Waals surface area contributed by atoms with E-state index in [1.165, 1.54) is 70.8 Å². The molecule has 2 fully saturated rings. The highest BCUT2D eigenvalue weighted by Crippen LogP contribution is 2.36. The molecule has 29 heteroatoms. The van der Waals surface area contributed by atoms with Crippen LogP contribution in [-0.4, -0.2) is 221 Å². The zero-order valence-corrected chi connectivity index (χ0v) is 59.7. The molecule has 2 aliphatic rings. The maximum atomic E-state index is 14.8. The zero-order chi connectivity index (χ0) is 73.7. The summed E-state index contributed by atoms with van der Waals surface area (Å²) in [7, 11) is 8.09. The summed E-state index contributed by atoms with van der Waals surface area (Å²) < 4.78 is 82.6. The van der Waals surface area contributed by atoms with Gasteiger partial charge in [0.15, 0.2) is 5.78 Å². The van der Waals surface area contributed by atoms with E-state index in [1.54, 1.807) is 27.7 Å². The van der Waals surface area contributed by atoms with E-state index >= 15 is 0 Å². The van der Waals surface area contributed by atoms with Gasteiger partial charge in [0.1, 0.15) is 35.7 Å². The Bertz CT molecular complexity index is 3150. The molecule has 4 N–H and O–H groups in total. The van der Waals surface area contributed by atoms with Crippen LogP contribution in [0.4, 0.5) is 26.3 Å². The third-order valence-electron chi connectivity index (χ3n) is 18.4. The molecule has 0 saturated carbocycles. The second-order valence-electron chi connectivity index (χ2n) is 27.8. The van der Waals surface area contributed by atoms with Gasteiger partial charge in [-0.1, -0.05) is 91.6 Å². The number of amides is 10. The lowest BCUT2D eigenvalue weighted by Crippen LogP contribution is -2.63. The number of likely N-dealkylation sites (N-methyl/N-ethyl adjacent to an activating group) is 6. The summed E-state index contributed by atoms with van der Waals surface area (Å²) in [4.78, 5) is 168. The highest BCUT2D eigenvalue weighted by Gasteiger charge is 2.45. The number of fused-ring (bicyclic) bond motifs is 1. The van der Waals surface area contributed by atoms with Crippen LogP contribution in [0.1, 0.15) is 143 Å². The van der Waals surface area contributed by atoms with Gasteiger partial charge < -0.3 is 50.2 Å². The summed E-state index contributed by atoms with van der Waals surface area (Å²) in [6, 6.07) is -3.00. The molecule has 97 heavy (non-hydrogen) atoms. The summed E-state index contributed by atoms with van der Waals surface area (Å²) in [5.74, 6) is -8.88. The minimum atomic E-state index is -4.81. The monoisotopic (exact) mass is 1400 g/mol. The quantitative estimate of drug-likeness (QED) is 0.159. The average Bonchev–Trinajstić information content (AvgIpc) is 0.856. The Morgan fingerprint density at radius 2 is 1.16 bits per heavy atom. The number of carbonyl (C=O) groups excluding carboxylic acids is 11.